The summed E-state index contributed by atoms with van der Waals surface area (Å²) in [5.41, 5.74) is 0.213. The molecule has 0 radical (unpaired) electrons. The zero-order valence-corrected chi connectivity index (χ0v) is 18.2. The zero-order chi connectivity index (χ0) is 21.1. The summed E-state index contributed by atoms with van der Waals surface area (Å²) in [4.78, 5) is 41.4. The van der Waals surface area contributed by atoms with E-state index in [9.17, 15) is 9.59 Å². The van der Waals surface area contributed by atoms with Crippen molar-refractivity contribution in [1.82, 2.24) is 19.5 Å². The molecule has 2 unspecified atom stereocenters. The van der Waals surface area contributed by atoms with Crippen molar-refractivity contribution in [2.45, 2.75) is 38.6 Å². The number of hydrogen-bond acceptors (Lipinski definition) is 9. The smallest absolute Gasteiger partial charge is 0.333 e. The lowest BCUT2D eigenvalue weighted by Gasteiger charge is -2.33. The molecule has 2 aliphatic rings. The highest BCUT2D eigenvalue weighted by molar-refractivity contribution is 7.99. The minimum atomic E-state index is -1.06. The minimum Gasteiger partial charge on any atom is -0.466 e. The Labute approximate surface area is 179 Å². The fourth-order valence-corrected chi connectivity index (χ4v) is 5.98. The molecule has 2 aromatic rings. The number of carbonyl (C=O) groups excluding carboxylic acids is 2. The Balaban J connectivity index is 1.80. The van der Waals surface area contributed by atoms with Crippen LogP contribution in [0.5, 0.6) is 0 Å². The van der Waals surface area contributed by atoms with Crippen molar-refractivity contribution in [3.05, 3.63) is 12.7 Å². The van der Waals surface area contributed by atoms with Gasteiger partial charge in [0.15, 0.2) is 22.5 Å². The van der Waals surface area contributed by atoms with Crippen LogP contribution in [0.1, 0.15) is 33.1 Å². The van der Waals surface area contributed by atoms with Gasteiger partial charge in [-0.1, -0.05) is 0 Å². The Morgan fingerprint density at radius 2 is 1.93 bits per heavy atom. The SMILES string of the molecule is CCOC(=O)CC1CSCC1(C(=O)OCC)n1cnc2c(N3CCCC3)ncnc21. The van der Waals surface area contributed by atoms with Gasteiger partial charge < -0.3 is 14.4 Å². The summed E-state index contributed by atoms with van der Waals surface area (Å²) in [5.74, 6) is 0.998. The van der Waals surface area contributed by atoms with Crippen molar-refractivity contribution >= 4 is 40.7 Å². The summed E-state index contributed by atoms with van der Waals surface area (Å²) in [6, 6.07) is 0. The molecule has 2 aromatic heterocycles. The maximum absolute atomic E-state index is 13.3. The molecule has 10 heteroatoms. The highest BCUT2D eigenvalue weighted by atomic mass is 32.2. The average Bonchev–Trinajstić information content (AvgIpc) is 3.48. The van der Waals surface area contributed by atoms with E-state index < -0.39 is 5.54 Å². The van der Waals surface area contributed by atoms with E-state index in [2.05, 4.69) is 19.9 Å². The maximum Gasteiger partial charge on any atom is 0.333 e. The van der Waals surface area contributed by atoms with E-state index in [-0.39, 0.29) is 30.9 Å². The first kappa shape index (κ1) is 20.9. The van der Waals surface area contributed by atoms with E-state index >= 15 is 0 Å². The van der Waals surface area contributed by atoms with Crippen LogP contribution in [0.4, 0.5) is 5.82 Å². The molecule has 0 aliphatic carbocycles. The highest BCUT2D eigenvalue weighted by Gasteiger charge is 2.54. The molecule has 162 valence electrons. The largest absolute Gasteiger partial charge is 0.466 e. The molecule has 0 N–H and O–H groups in total. The third-order valence-corrected chi connectivity index (χ3v) is 7.10. The lowest BCUT2D eigenvalue weighted by Crippen LogP contribution is -2.49. The predicted molar refractivity (Wildman–Crippen MR) is 113 cm³/mol. The van der Waals surface area contributed by atoms with Crippen molar-refractivity contribution in [2.24, 2.45) is 5.92 Å². The molecule has 0 aromatic carbocycles. The van der Waals surface area contributed by atoms with E-state index in [1.165, 1.54) is 6.33 Å². The molecule has 2 fully saturated rings. The summed E-state index contributed by atoms with van der Waals surface area (Å²) in [7, 11) is 0. The predicted octanol–water partition coefficient (Wildman–Crippen LogP) is 2.00. The van der Waals surface area contributed by atoms with Crippen molar-refractivity contribution < 1.29 is 19.1 Å². The lowest BCUT2D eigenvalue weighted by molar-refractivity contribution is -0.156. The fourth-order valence-electron chi connectivity index (χ4n) is 4.38. The Kier molecular flexibility index (Phi) is 6.12. The number of ether oxygens (including phenoxy) is 2. The number of esters is 2. The van der Waals surface area contributed by atoms with Crippen LogP contribution < -0.4 is 4.90 Å². The molecule has 0 saturated carbocycles. The molecule has 2 aliphatic heterocycles. The molecule has 0 spiro atoms. The Bertz CT molecular complexity index is 929. The van der Waals surface area contributed by atoms with E-state index in [4.69, 9.17) is 9.47 Å². The number of aromatic nitrogens is 4. The zero-order valence-electron chi connectivity index (χ0n) is 17.4. The van der Waals surface area contributed by atoms with Crippen LogP contribution in [0.3, 0.4) is 0 Å². The van der Waals surface area contributed by atoms with Crippen molar-refractivity contribution in [2.75, 3.05) is 42.7 Å². The molecule has 0 bridgehead atoms. The van der Waals surface area contributed by atoms with E-state index in [0.717, 1.165) is 31.7 Å². The van der Waals surface area contributed by atoms with Gasteiger partial charge in [-0.15, -0.1) is 0 Å². The quantitative estimate of drug-likeness (QED) is 0.607. The summed E-state index contributed by atoms with van der Waals surface area (Å²) in [5, 5.41) is 0. The van der Waals surface area contributed by atoms with E-state index in [0.29, 0.717) is 29.3 Å². The number of imidazole rings is 1. The number of fused-ring (bicyclic) bond motifs is 1. The van der Waals surface area contributed by atoms with Crippen molar-refractivity contribution in [3.8, 4) is 0 Å². The molecular formula is C20H27N5O4S. The molecule has 0 amide bonds. The summed E-state index contributed by atoms with van der Waals surface area (Å²) >= 11 is 1.63. The number of thioether (sulfide) groups is 1. The first-order valence-electron chi connectivity index (χ1n) is 10.5. The van der Waals surface area contributed by atoms with Gasteiger partial charge in [0.2, 0.25) is 0 Å². The molecule has 9 nitrogen and oxygen atoms in total. The lowest BCUT2D eigenvalue weighted by atomic mass is 9.84. The normalized spacial score (nSPS) is 23.8. The molecular weight excluding hydrogens is 406 g/mol. The van der Waals surface area contributed by atoms with Crippen LogP contribution in [-0.2, 0) is 24.6 Å². The van der Waals surface area contributed by atoms with Gasteiger partial charge in [0.25, 0.3) is 0 Å². The second-order valence-corrected chi connectivity index (χ2v) is 8.57. The summed E-state index contributed by atoms with van der Waals surface area (Å²) in [6.07, 6.45) is 5.56. The first-order chi connectivity index (χ1) is 14.6. The third kappa shape index (κ3) is 3.51. The monoisotopic (exact) mass is 433 g/mol. The Morgan fingerprint density at radius 1 is 1.17 bits per heavy atom. The van der Waals surface area contributed by atoms with E-state index in [1.807, 2.05) is 4.57 Å². The van der Waals surface area contributed by atoms with E-state index in [1.54, 1.807) is 31.9 Å². The van der Waals surface area contributed by atoms with Gasteiger partial charge in [-0.2, -0.15) is 11.8 Å². The summed E-state index contributed by atoms with van der Waals surface area (Å²) < 4.78 is 12.5. The molecule has 4 heterocycles. The molecule has 2 atom stereocenters. The third-order valence-electron chi connectivity index (χ3n) is 5.81. The van der Waals surface area contributed by atoms with Crippen LogP contribution in [0.15, 0.2) is 12.7 Å². The molecule has 30 heavy (non-hydrogen) atoms. The van der Waals surface area contributed by atoms with Crippen LogP contribution in [0.25, 0.3) is 11.2 Å². The van der Waals surface area contributed by atoms with Gasteiger partial charge in [0, 0.05) is 24.8 Å². The Morgan fingerprint density at radius 3 is 2.67 bits per heavy atom. The van der Waals surface area contributed by atoms with Gasteiger partial charge >= 0.3 is 11.9 Å². The van der Waals surface area contributed by atoms with Crippen LogP contribution in [0, 0.1) is 5.92 Å². The maximum atomic E-state index is 13.3. The van der Waals surface area contributed by atoms with Gasteiger partial charge in [-0.3, -0.25) is 9.36 Å². The number of anilines is 1. The minimum absolute atomic E-state index is 0.142. The number of nitrogens with zero attached hydrogens (tertiary/aromatic N) is 5. The van der Waals surface area contributed by atoms with Crippen molar-refractivity contribution in [1.29, 1.82) is 0 Å². The van der Waals surface area contributed by atoms with Gasteiger partial charge in [0.1, 0.15) is 6.33 Å². The highest BCUT2D eigenvalue weighted by Crippen LogP contribution is 2.44. The second kappa shape index (κ2) is 8.79. The summed E-state index contributed by atoms with van der Waals surface area (Å²) in [6.45, 7) is 6.00. The Hall–Kier alpha value is -2.36. The van der Waals surface area contributed by atoms with Crippen LogP contribution in [-0.4, -0.2) is 69.3 Å². The van der Waals surface area contributed by atoms with Gasteiger partial charge in [-0.05, 0) is 32.4 Å². The van der Waals surface area contributed by atoms with Crippen LogP contribution >= 0.6 is 11.8 Å². The van der Waals surface area contributed by atoms with Crippen molar-refractivity contribution in [3.63, 3.8) is 0 Å². The number of carbonyl (C=O) groups is 2. The van der Waals surface area contributed by atoms with Gasteiger partial charge in [-0.25, -0.2) is 19.7 Å². The molecule has 4 rings (SSSR count). The average molecular weight is 434 g/mol. The second-order valence-electron chi connectivity index (χ2n) is 7.54. The topological polar surface area (TPSA) is 99.4 Å². The number of rotatable bonds is 7. The standard InChI is InChI=1S/C20H27N5O4S/c1-3-28-15(26)9-14-10-30-11-20(14,19(27)29-4-2)25-13-23-16-17(21-12-22-18(16)25)24-7-5-6-8-24/h12-14H,3-11H2,1-2H3. The first-order valence-corrected chi connectivity index (χ1v) is 11.6. The number of hydrogen-bond donors (Lipinski definition) is 0. The van der Waals surface area contributed by atoms with Gasteiger partial charge in [0.05, 0.1) is 26.0 Å². The molecule has 2 saturated heterocycles. The fraction of sp³-hybridized carbons (Fsp3) is 0.650. The van der Waals surface area contributed by atoms with Crippen LogP contribution in [0.2, 0.25) is 0 Å².